The lowest BCUT2D eigenvalue weighted by Crippen LogP contribution is -2.08. The minimum Gasteiger partial charge on any atom is -0.504 e. The molecule has 3 rings (SSSR count). The first-order valence-corrected chi connectivity index (χ1v) is 6.53. The second-order valence-electron chi connectivity index (χ2n) is 5.03. The first-order chi connectivity index (χ1) is 9.25. The number of hydrogen-bond acceptors (Lipinski definition) is 3. The molecule has 1 saturated heterocycles. The molecular formula is C16H18BrNO2. The SMILES string of the molecule is Br.Oc1ccc([C@@H]2CNC[C@H]2c2ccccc2)cc1O. The van der Waals surface area contributed by atoms with Crippen LogP contribution >= 0.6 is 17.0 Å². The van der Waals surface area contributed by atoms with Gasteiger partial charge in [-0.3, -0.25) is 0 Å². The van der Waals surface area contributed by atoms with Crippen LogP contribution in [-0.4, -0.2) is 23.3 Å². The van der Waals surface area contributed by atoms with Crippen molar-refractivity contribution in [1.82, 2.24) is 5.32 Å². The Morgan fingerprint density at radius 3 is 2.10 bits per heavy atom. The van der Waals surface area contributed by atoms with Crippen LogP contribution in [0.2, 0.25) is 0 Å². The number of halogens is 1. The van der Waals surface area contributed by atoms with Gasteiger partial charge in [0.15, 0.2) is 11.5 Å². The van der Waals surface area contributed by atoms with E-state index in [1.54, 1.807) is 12.1 Å². The Morgan fingerprint density at radius 1 is 0.800 bits per heavy atom. The predicted octanol–water partition coefficient (Wildman–Crippen LogP) is 3.15. The highest BCUT2D eigenvalue weighted by Gasteiger charge is 2.29. The molecule has 2 aromatic rings. The average Bonchev–Trinajstić information content (AvgIpc) is 2.92. The van der Waals surface area contributed by atoms with Crippen molar-refractivity contribution in [3.8, 4) is 11.5 Å². The summed E-state index contributed by atoms with van der Waals surface area (Å²) in [6.07, 6.45) is 0. The summed E-state index contributed by atoms with van der Waals surface area (Å²) in [5.41, 5.74) is 2.37. The number of phenols is 2. The molecule has 0 unspecified atom stereocenters. The van der Waals surface area contributed by atoms with Crippen LogP contribution in [0.4, 0.5) is 0 Å². The Balaban J connectivity index is 0.00000147. The van der Waals surface area contributed by atoms with Gasteiger partial charge in [-0.1, -0.05) is 36.4 Å². The summed E-state index contributed by atoms with van der Waals surface area (Å²) in [6.45, 7) is 1.83. The number of nitrogens with one attached hydrogen (secondary N) is 1. The molecule has 1 aliphatic heterocycles. The number of aromatic hydroxyl groups is 2. The minimum atomic E-state index is -0.0639. The second kappa shape index (κ2) is 6.29. The summed E-state index contributed by atoms with van der Waals surface area (Å²) in [4.78, 5) is 0. The average molecular weight is 336 g/mol. The van der Waals surface area contributed by atoms with Gasteiger partial charge in [0.2, 0.25) is 0 Å². The van der Waals surface area contributed by atoms with Crippen LogP contribution < -0.4 is 5.32 Å². The highest BCUT2D eigenvalue weighted by molar-refractivity contribution is 8.93. The van der Waals surface area contributed by atoms with E-state index in [-0.39, 0.29) is 28.5 Å². The van der Waals surface area contributed by atoms with Crippen molar-refractivity contribution in [2.75, 3.05) is 13.1 Å². The lowest BCUT2D eigenvalue weighted by molar-refractivity contribution is 0.402. The van der Waals surface area contributed by atoms with Crippen LogP contribution in [0.1, 0.15) is 23.0 Å². The Bertz CT molecular complexity index is 574. The van der Waals surface area contributed by atoms with Gasteiger partial charge in [0.1, 0.15) is 0 Å². The molecule has 0 spiro atoms. The Hall–Kier alpha value is -1.52. The van der Waals surface area contributed by atoms with Crippen molar-refractivity contribution in [2.24, 2.45) is 0 Å². The van der Waals surface area contributed by atoms with E-state index in [9.17, 15) is 10.2 Å². The molecule has 0 bridgehead atoms. The van der Waals surface area contributed by atoms with E-state index in [0.29, 0.717) is 11.8 Å². The van der Waals surface area contributed by atoms with Crippen molar-refractivity contribution < 1.29 is 10.2 Å². The van der Waals surface area contributed by atoms with E-state index >= 15 is 0 Å². The van der Waals surface area contributed by atoms with Gasteiger partial charge in [-0.15, -0.1) is 17.0 Å². The van der Waals surface area contributed by atoms with Gasteiger partial charge in [-0.2, -0.15) is 0 Å². The molecule has 0 aliphatic carbocycles. The van der Waals surface area contributed by atoms with Gasteiger partial charge in [0, 0.05) is 24.9 Å². The van der Waals surface area contributed by atoms with Gasteiger partial charge >= 0.3 is 0 Å². The van der Waals surface area contributed by atoms with Crippen molar-refractivity contribution in [3.63, 3.8) is 0 Å². The van der Waals surface area contributed by atoms with Gasteiger partial charge in [-0.25, -0.2) is 0 Å². The topological polar surface area (TPSA) is 52.5 Å². The van der Waals surface area contributed by atoms with Crippen LogP contribution in [0.25, 0.3) is 0 Å². The monoisotopic (exact) mass is 335 g/mol. The number of rotatable bonds is 2. The molecule has 3 nitrogen and oxygen atoms in total. The van der Waals surface area contributed by atoms with E-state index in [1.807, 2.05) is 12.1 Å². The summed E-state index contributed by atoms with van der Waals surface area (Å²) in [5.74, 6) is 0.626. The molecule has 2 atom stereocenters. The number of benzene rings is 2. The molecule has 3 N–H and O–H groups in total. The third-order valence-electron chi connectivity index (χ3n) is 3.87. The van der Waals surface area contributed by atoms with Crippen LogP contribution in [0.3, 0.4) is 0 Å². The fraction of sp³-hybridized carbons (Fsp3) is 0.250. The zero-order valence-electron chi connectivity index (χ0n) is 11.0. The van der Waals surface area contributed by atoms with E-state index in [1.165, 1.54) is 5.56 Å². The van der Waals surface area contributed by atoms with Crippen molar-refractivity contribution in [1.29, 1.82) is 0 Å². The lowest BCUT2D eigenvalue weighted by Gasteiger charge is -2.19. The molecule has 0 amide bonds. The normalized spacial score (nSPS) is 21.4. The van der Waals surface area contributed by atoms with Crippen molar-refractivity contribution >= 4 is 17.0 Å². The fourth-order valence-corrected chi connectivity index (χ4v) is 2.85. The Labute approximate surface area is 129 Å². The molecule has 106 valence electrons. The Morgan fingerprint density at radius 2 is 1.45 bits per heavy atom. The summed E-state index contributed by atoms with van der Waals surface area (Å²) in [6, 6.07) is 15.5. The smallest absolute Gasteiger partial charge is 0.157 e. The third-order valence-corrected chi connectivity index (χ3v) is 3.87. The predicted molar refractivity (Wildman–Crippen MR) is 84.9 cm³/mol. The van der Waals surface area contributed by atoms with Gasteiger partial charge in [0.25, 0.3) is 0 Å². The molecule has 0 radical (unpaired) electrons. The van der Waals surface area contributed by atoms with Crippen LogP contribution in [0, 0.1) is 0 Å². The molecule has 20 heavy (non-hydrogen) atoms. The van der Waals surface area contributed by atoms with Gasteiger partial charge in [0.05, 0.1) is 0 Å². The molecule has 0 saturated carbocycles. The molecule has 4 heteroatoms. The van der Waals surface area contributed by atoms with E-state index in [2.05, 4.69) is 29.6 Å². The molecule has 1 fully saturated rings. The summed E-state index contributed by atoms with van der Waals surface area (Å²) >= 11 is 0. The molecule has 1 heterocycles. The minimum absolute atomic E-state index is 0. The van der Waals surface area contributed by atoms with E-state index in [4.69, 9.17) is 0 Å². The first kappa shape index (κ1) is 14.9. The van der Waals surface area contributed by atoms with Gasteiger partial charge < -0.3 is 15.5 Å². The van der Waals surface area contributed by atoms with E-state index in [0.717, 1.165) is 18.7 Å². The maximum atomic E-state index is 9.65. The zero-order valence-corrected chi connectivity index (χ0v) is 12.7. The quantitative estimate of drug-likeness (QED) is 0.739. The fourth-order valence-electron chi connectivity index (χ4n) is 2.85. The number of hydrogen-bond donors (Lipinski definition) is 3. The second-order valence-corrected chi connectivity index (χ2v) is 5.03. The largest absolute Gasteiger partial charge is 0.504 e. The maximum Gasteiger partial charge on any atom is 0.157 e. The highest BCUT2D eigenvalue weighted by Crippen LogP contribution is 2.38. The molecule has 1 aliphatic rings. The van der Waals surface area contributed by atoms with Crippen LogP contribution in [-0.2, 0) is 0 Å². The zero-order chi connectivity index (χ0) is 13.2. The lowest BCUT2D eigenvalue weighted by atomic mass is 9.84. The number of phenolic OH excluding ortho intramolecular Hbond substituents is 2. The molecule has 0 aromatic heterocycles. The Kier molecular flexibility index (Phi) is 4.68. The standard InChI is InChI=1S/C16H17NO2.BrH/c18-15-7-6-12(8-16(15)19)14-10-17-9-13(14)11-4-2-1-3-5-11;/h1-8,13-14,17-19H,9-10H2;1H/t13-,14-;/m0./s1. The van der Waals surface area contributed by atoms with Crippen molar-refractivity contribution in [3.05, 3.63) is 59.7 Å². The summed E-state index contributed by atoms with van der Waals surface area (Å²) in [5, 5.41) is 22.5. The van der Waals surface area contributed by atoms with Gasteiger partial charge in [-0.05, 0) is 23.3 Å². The van der Waals surface area contributed by atoms with Crippen LogP contribution in [0.15, 0.2) is 48.5 Å². The van der Waals surface area contributed by atoms with Crippen molar-refractivity contribution in [2.45, 2.75) is 11.8 Å². The van der Waals surface area contributed by atoms with Crippen LogP contribution in [0.5, 0.6) is 11.5 Å². The first-order valence-electron chi connectivity index (χ1n) is 6.53. The third kappa shape index (κ3) is 2.81. The summed E-state index contributed by atoms with van der Waals surface area (Å²) in [7, 11) is 0. The maximum absolute atomic E-state index is 9.65. The van der Waals surface area contributed by atoms with E-state index < -0.39 is 0 Å². The molecule has 2 aromatic carbocycles. The highest BCUT2D eigenvalue weighted by atomic mass is 79.9. The summed E-state index contributed by atoms with van der Waals surface area (Å²) < 4.78 is 0. The molecular weight excluding hydrogens is 318 g/mol.